The summed E-state index contributed by atoms with van der Waals surface area (Å²) in [5.41, 5.74) is 2.17. The molecule has 30 heavy (non-hydrogen) atoms. The highest BCUT2D eigenvalue weighted by molar-refractivity contribution is 7.99. The Morgan fingerprint density at radius 2 is 2.00 bits per heavy atom. The van der Waals surface area contributed by atoms with Gasteiger partial charge in [-0.1, -0.05) is 36.0 Å². The number of hydrogen-bond donors (Lipinski definition) is 0. The number of ether oxygens (including phenoxy) is 1. The molecule has 0 atom stereocenters. The third-order valence-electron chi connectivity index (χ3n) is 4.99. The molecule has 0 aliphatic carbocycles. The van der Waals surface area contributed by atoms with Gasteiger partial charge in [-0.25, -0.2) is 0 Å². The third kappa shape index (κ3) is 4.69. The molecule has 1 aliphatic heterocycles. The van der Waals surface area contributed by atoms with Crippen molar-refractivity contribution in [2.75, 3.05) is 44.0 Å². The van der Waals surface area contributed by atoms with E-state index in [1.54, 1.807) is 16.2 Å². The summed E-state index contributed by atoms with van der Waals surface area (Å²) in [7, 11) is 1.84. The van der Waals surface area contributed by atoms with E-state index in [1.165, 1.54) is 16.6 Å². The summed E-state index contributed by atoms with van der Waals surface area (Å²) in [4.78, 5) is 17.8. The Labute approximate surface area is 184 Å². The van der Waals surface area contributed by atoms with Crippen LogP contribution in [-0.2, 0) is 16.1 Å². The van der Waals surface area contributed by atoms with Gasteiger partial charge in [-0.3, -0.25) is 9.36 Å². The summed E-state index contributed by atoms with van der Waals surface area (Å²) in [6.07, 6.45) is 0. The lowest BCUT2D eigenvalue weighted by Gasteiger charge is -2.28. The lowest BCUT2D eigenvalue weighted by molar-refractivity contribution is -0.127. The van der Waals surface area contributed by atoms with Gasteiger partial charge in [0.15, 0.2) is 5.16 Å². The van der Waals surface area contributed by atoms with Crippen LogP contribution in [-0.4, -0.2) is 64.7 Å². The molecule has 0 saturated carbocycles. The van der Waals surface area contributed by atoms with Crippen LogP contribution in [0.3, 0.4) is 0 Å². The average molecular weight is 444 g/mol. The van der Waals surface area contributed by atoms with E-state index in [2.05, 4.69) is 38.7 Å². The predicted octanol–water partition coefficient (Wildman–Crippen LogP) is 3.22. The molecular formula is C21H25N5O2S2. The van der Waals surface area contributed by atoms with Crippen molar-refractivity contribution in [3.05, 3.63) is 52.2 Å². The molecule has 0 spiro atoms. The first-order valence-corrected chi connectivity index (χ1v) is 11.7. The van der Waals surface area contributed by atoms with Crippen LogP contribution in [0.1, 0.15) is 10.4 Å². The van der Waals surface area contributed by atoms with E-state index < -0.39 is 0 Å². The molecule has 4 rings (SSSR count). The molecule has 1 saturated heterocycles. The number of thiophene rings is 1. The van der Waals surface area contributed by atoms with Crippen LogP contribution in [0.4, 0.5) is 5.95 Å². The topological polar surface area (TPSA) is 63.5 Å². The van der Waals surface area contributed by atoms with Crippen LogP contribution < -0.4 is 4.90 Å². The second-order valence-electron chi connectivity index (χ2n) is 7.12. The zero-order chi connectivity index (χ0) is 20.9. The number of morpholine rings is 1. The summed E-state index contributed by atoms with van der Waals surface area (Å²) in [5.74, 6) is 1.18. The second kappa shape index (κ2) is 9.63. The zero-order valence-electron chi connectivity index (χ0n) is 17.2. The van der Waals surface area contributed by atoms with Crippen molar-refractivity contribution in [3.63, 3.8) is 0 Å². The Kier molecular flexibility index (Phi) is 6.71. The maximum atomic E-state index is 12.7. The maximum Gasteiger partial charge on any atom is 0.233 e. The van der Waals surface area contributed by atoms with E-state index in [-0.39, 0.29) is 5.91 Å². The fourth-order valence-electron chi connectivity index (χ4n) is 3.31. The number of nitrogens with zero attached hydrogens (tertiary/aromatic N) is 5. The fourth-order valence-corrected chi connectivity index (χ4v) is 4.95. The molecule has 0 N–H and O–H groups in total. The van der Waals surface area contributed by atoms with Crippen molar-refractivity contribution in [2.24, 2.45) is 0 Å². The van der Waals surface area contributed by atoms with Gasteiger partial charge in [-0.2, -0.15) is 0 Å². The van der Waals surface area contributed by atoms with E-state index in [0.717, 1.165) is 35.4 Å². The minimum atomic E-state index is 0.0701. The molecule has 158 valence electrons. The lowest BCUT2D eigenvalue weighted by atomic mass is 10.2. The van der Waals surface area contributed by atoms with Gasteiger partial charge in [0.25, 0.3) is 0 Å². The Bertz CT molecular complexity index is 983. The van der Waals surface area contributed by atoms with E-state index in [1.807, 2.05) is 36.7 Å². The van der Waals surface area contributed by atoms with Crippen molar-refractivity contribution < 1.29 is 9.53 Å². The summed E-state index contributed by atoms with van der Waals surface area (Å²) in [6.45, 7) is 5.60. The molecule has 1 amide bonds. The molecule has 1 aliphatic rings. The van der Waals surface area contributed by atoms with Gasteiger partial charge < -0.3 is 14.5 Å². The van der Waals surface area contributed by atoms with Crippen LogP contribution in [0.5, 0.6) is 0 Å². The molecule has 1 aromatic carbocycles. The van der Waals surface area contributed by atoms with Crippen molar-refractivity contribution in [1.29, 1.82) is 0 Å². The number of rotatable bonds is 7. The monoisotopic (exact) mass is 443 g/mol. The highest BCUT2D eigenvalue weighted by Crippen LogP contribution is 2.29. The van der Waals surface area contributed by atoms with E-state index in [4.69, 9.17) is 4.74 Å². The smallest absolute Gasteiger partial charge is 0.233 e. The summed E-state index contributed by atoms with van der Waals surface area (Å²) in [6, 6.07) is 12.2. The summed E-state index contributed by atoms with van der Waals surface area (Å²) < 4.78 is 7.56. The molecule has 1 fully saturated rings. The Hall–Kier alpha value is -2.36. The number of anilines is 1. The van der Waals surface area contributed by atoms with E-state index >= 15 is 0 Å². The maximum absolute atomic E-state index is 12.7. The van der Waals surface area contributed by atoms with Crippen molar-refractivity contribution in [3.8, 4) is 5.69 Å². The van der Waals surface area contributed by atoms with Gasteiger partial charge in [-0.15, -0.1) is 21.5 Å². The van der Waals surface area contributed by atoms with E-state index in [0.29, 0.717) is 25.5 Å². The molecule has 0 radical (unpaired) electrons. The number of aromatic nitrogens is 3. The number of hydrogen-bond acceptors (Lipinski definition) is 7. The lowest BCUT2D eigenvalue weighted by Crippen LogP contribution is -2.38. The Morgan fingerprint density at radius 3 is 2.73 bits per heavy atom. The first-order valence-electron chi connectivity index (χ1n) is 9.87. The predicted molar refractivity (Wildman–Crippen MR) is 121 cm³/mol. The first kappa shape index (κ1) is 20.9. The molecule has 0 unspecified atom stereocenters. The summed E-state index contributed by atoms with van der Waals surface area (Å²) >= 11 is 3.09. The molecule has 0 bridgehead atoms. The molecule has 3 heterocycles. The second-order valence-corrected chi connectivity index (χ2v) is 9.10. The normalized spacial score (nSPS) is 14.1. The van der Waals surface area contributed by atoms with Crippen LogP contribution >= 0.6 is 23.1 Å². The highest BCUT2D eigenvalue weighted by Gasteiger charge is 2.23. The van der Waals surface area contributed by atoms with Gasteiger partial charge in [0.05, 0.1) is 31.2 Å². The highest BCUT2D eigenvalue weighted by atomic mass is 32.2. The minimum Gasteiger partial charge on any atom is -0.378 e. The molecule has 9 heteroatoms. The van der Waals surface area contributed by atoms with Gasteiger partial charge >= 0.3 is 0 Å². The van der Waals surface area contributed by atoms with E-state index in [9.17, 15) is 4.79 Å². The largest absolute Gasteiger partial charge is 0.378 e. The molecule has 2 aromatic heterocycles. The quantitative estimate of drug-likeness (QED) is 0.523. The number of carbonyl (C=O) groups excluding carboxylic acids is 1. The standard InChI is InChI=1S/C21H25N5O2S2/c1-16-6-3-4-8-18(16)26-20(25-9-11-28-12-10-25)22-23-21(26)30-15-19(27)24(2)14-17-7-5-13-29-17/h3-8,13H,9-12,14-15H2,1-2H3. The number of para-hydroxylation sites is 1. The molecular weight excluding hydrogens is 418 g/mol. The van der Waals surface area contributed by atoms with Crippen molar-refractivity contribution in [2.45, 2.75) is 18.6 Å². The number of aryl methyl sites for hydroxylation is 1. The van der Waals surface area contributed by atoms with Crippen LogP contribution in [0, 0.1) is 6.92 Å². The first-order chi connectivity index (χ1) is 14.6. The Morgan fingerprint density at radius 1 is 1.20 bits per heavy atom. The van der Waals surface area contributed by atoms with Gasteiger partial charge in [0.1, 0.15) is 0 Å². The van der Waals surface area contributed by atoms with Gasteiger partial charge in [0.2, 0.25) is 11.9 Å². The SMILES string of the molecule is Cc1ccccc1-n1c(SCC(=O)N(C)Cc2cccs2)nnc1N1CCOCC1. The zero-order valence-corrected chi connectivity index (χ0v) is 18.8. The number of amides is 1. The summed E-state index contributed by atoms with van der Waals surface area (Å²) in [5, 5.41) is 11.7. The average Bonchev–Trinajstić information content (AvgIpc) is 3.43. The molecule has 7 nitrogen and oxygen atoms in total. The number of carbonyl (C=O) groups is 1. The fraction of sp³-hybridized carbons (Fsp3) is 0.381. The minimum absolute atomic E-state index is 0.0701. The van der Waals surface area contributed by atoms with Crippen LogP contribution in [0.15, 0.2) is 46.9 Å². The van der Waals surface area contributed by atoms with Crippen LogP contribution in [0.25, 0.3) is 5.69 Å². The van der Waals surface area contributed by atoms with Gasteiger partial charge in [0, 0.05) is 25.0 Å². The van der Waals surface area contributed by atoms with Crippen molar-refractivity contribution >= 4 is 35.0 Å². The van der Waals surface area contributed by atoms with Gasteiger partial charge in [-0.05, 0) is 30.0 Å². The van der Waals surface area contributed by atoms with Crippen molar-refractivity contribution in [1.82, 2.24) is 19.7 Å². The number of benzene rings is 1. The Balaban J connectivity index is 1.54. The molecule has 3 aromatic rings. The number of thioether (sulfide) groups is 1. The third-order valence-corrected chi connectivity index (χ3v) is 6.77. The van der Waals surface area contributed by atoms with Crippen LogP contribution in [0.2, 0.25) is 0 Å².